The molecule has 0 spiro atoms. The van der Waals surface area contributed by atoms with Crippen LogP contribution in [0.2, 0.25) is 0 Å². The first-order valence-corrected chi connectivity index (χ1v) is 18.5. The molecule has 3 aromatic rings. The van der Waals surface area contributed by atoms with Crippen LogP contribution in [-0.4, -0.2) is 23.9 Å². The van der Waals surface area contributed by atoms with E-state index in [1.165, 1.54) is 126 Å². The zero-order valence-electron chi connectivity index (χ0n) is 29.5. The van der Waals surface area contributed by atoms with Crippen molar-refractivity contribution in [3.63, 3.8) is 0 Å². The Labute approximate surface area is 297 Å². The van der Waals surface area contributed by atoms with Crippen molar-refractivity contribution in [1.82, 2.24) is 0 Å². The Kier molecular flexibility index (Phi) is 16.5. The number of ketones is 1. The normalized spacial score (nSPS) is 13.4. The van der Waals surface area contributed by atoms with Crippen molar-refractivity contribution in [3.8, 4) is 11.5 Å². The smallest absolute Gasteiger partial charge is 0.258 e. The van der Waals surface area contributed by atoms with Gasteiger partial charge in [0.2, 0.25) is 6.29 Å². The Hall–Kier alpha value is -4.52. The molecular weight excluding hydrogens is 629 g/mol. The van der Waals surface area contributed by atoms with E-state index in [0.717, 1.165) is 23.3 Å². The van der Waals surface area contributed by atoms with Crippen LogP contribution in [0.3, 0.4) is 0 Å². The van der Waals surface area contributed by atoms with Gasteiger partial charge in [0.05, 0.1) is 5.69 Å². The number of nitrogens with zero attached hydrogens (tertiary/aromatic N) is 1. The van der Waals surface area contributed by atoms with E-state index in [9.17, 15) is 18.8 Å². The van der Waals surface area contributed by atoms with Gasteiger partial charge in [-0.2, -0.15) is 0 Å². The van der Waals surface area contributed by atoms with Gasteiger partial charge in [-0.25, -0.2) is 9.29 Å². The van der Waals surface area contributed by atoms with Gasteiger partial charge in [0.1, 0.15) is 17.3 Å². The van der Waals surface area contributed by atoms with Gasteiger partial charge in [0, 0.05) is 24.1 Å². The van der Waals surface area contributed by atoms with E-state index in [2.05, 4.69) is 6.92 Å². The third-order valence-corrected chi connectivity index (χ3v) is 8.92. The van der Waals surface area contributed by atoms with E-state index < -0.39 is 6.29 Å². The minimum absolute atomic E-state index is 0.206. The number of amides is 2. The molecule has 0 aromatic heterocycles. The zero-order chi connectivity index (χ0) is 35.4. The molecule has 0 N–H and O–H groups in total. The standard InChI is InChI=1S/C43H52FNO5/c1-2-3-4-5-6-7-8-9-10-11-12-13-14-15-16-17-43(50-39-29-25-37(26-30-39)45-41(47)32-33-42(45)48)49-38-27-18-34(19-28-38)20-31-40(46)35-21-23-36(44)24-22-35/h18-33,43H,2-17H2,1H3. The van der Waals surface area contributed by atoms with Gasteiger partial charge < -0.3 is 9.47 Å². The highest BCUT2D eigenvalue weighted by molar-refractivity contribution is 6.28. The molecular formula is C43H52FNO5. The Morgan fingerprint density at radius 3 is 1.60 bits per heavy atom. The number of halogens is 1. The first kappa shape index (κ1) is 38.3. The number of ether oxygens (including phenoxy) is 2. The highest BCUT2D eigenvalue weighted by atomic mass is 19.1. The van der Waals surface area contributed by atoms with Crippen LogP contribution in [0.15, 0.2) is 91.0 Å². The number of allylic oxidation sites excluding steroid dienone is 1. The summed E-state index contributed by atoms with van der Waals surface area (Å²) >= 11 is 0. The molecule has 1 atom stereocenters. The van der Waals surface area contributed by atoms with Gasteiger partial charge >= 0.3 is 0 Å². The van der Waals surface area contributed by atoms with Crippen LogP contribution in [0.4, 0.5) is 10.1 Å². The van der Waals surface area contributed by atoms with Crippen molar-refractivity contribution in [1.29, 1.82) is 0 Å². The summed E-state index contributed by atoms with van der Waals surface area (Å²) in [6.45, 7) is 2.27. The number of imide groups is 1. The van der Waals surface area contributed by atoms with Gasteiger partial charge in [-0.1, -0.05) is 115 Å². The minimum atomic E-state index is -0.541. The molecule has 1 unspecified atom stereocenters. The number of hydrogen-bond donors (Lipinski definition) is 0. The van der Waals surface area contributed by atoms with Crippen LogP contribution in [0.1, 0.15) is 126 Å². The van der Waals surface area contributed by atoms with E-state index in [4.69, 9.17) is 9.47 Å². The Bertz CT molecular complexity index is 1510. The van der Waals surface area contributed by atoms with E-state index >= 15 is 0 Å². The zero-order valence-corrected chi connectivity index (χ0v) is 29.5. The average molecular weight is 682 g/mol. The maximum absolute atomic E-state index is 13.2. The van der Waals surface area contributed by atoms with Crippen molar-refractivity contribution in [2.24, 2.45) is 0 Å². The predicted molar refractivity (Wildman–Crippen MR) is 199 cm³/mol. The van der Waals surface area contributed by atoms with Crippen molar-refractivity contribution < 1.29 is 28.2 Å². The SMILES string of the molecule is CCCCCCCCCCCCCCCCCC(Oc1ccc(C=CC(=O)c2ccc(F)cc2)cc1)Oc1ccc(N2C(=O)C=CC2=O)cc1. The fourth-order valence-corrected chi connectivity index (χ4v) is 6.00. The average Bonchev–Trinajstić information content (AvgIpc) is 3.47. The first-order valence-electron chi connectivity index (χ1n) is 18.5. The monoisotopic (exact) mass is 681 g/mol. The third-order valence-electron chi connectivity index (χ3n) is 8.92. The summed E-state index contributed by atoms with van der Waals surface area (Å²) in [5, 5.41) is 0. The molecule has 1 aliphatic rings. The van der Waals surface area contributed by atoms with Crippen molar-refractivity contribution in [2.45, 2.75) is 116 Å². The number of unbranched alkanes of at least 4 members (excludes halogenated alkanes) is 14. The second-order valence-electron chi connectivity index (χ2n) is 13.0. The van der Waals surface area contributed by atoms with Gasteiger partial charge in [-0.15, -0.1) is 0 Å². The third kappa shape index (κ3) is 13.4. The second kappa shape index (κ2) is 21.5. The molecule has 0 saturated carbocycles. The highest BCUT2D eigenvalue weighted by Gasteiger charge is 2.25. The first-order chi connectivity index (χ1) is 24.4. The van der Waals surface area contributed by atoms with Gasteiger partial charge in [-0.05, 0) is 78.7 Å². The number of anilines is 1. The number of carbonyl (C=O) groups is 3. The molecule has 1 heterocycles. The minimum Gasteiger partial charge on any atom is -0.455 e. The predicted octanol–water partition coefficient (Wildman–Crippen LogP) is 11.2. The van der Waals surface area contributed by atoms with Crippen LogP contribution in [0.25, 0.3) is 6.08 Å². The summed E-state index contributed by atoms with van der Waals surface area (Å²) in [5.41, 5.74) is 1.73. The van der Waals surface area contributed by atoms with E-state index in [0.29, 0.717) is 29.2 Å². The largest absolute Gasteiger partial charge is 0.455 e. The number of rotatable bonds is 24. The fraction of sp³-hybridized carbons (Fsp3) is 0.419. The molecule has 7 heteroatoms. The summed E-state index contributed by atoms with van der Waals surface area (Å²) in [5.74, 6) is -0.109. The van der Waals surface area contributed by atoms with Crippen molar-refractivity contribution in [2.75, 3.05) is 4.90 Å². The molecule has 3 aromatic carbocycles. The molecule has 2 amide bonds. The number of hydrogen-bond acceptors (Lipinski definition) is 5. The van der Waals surface area contributed by atoms with Gasteiger partial charge in [0.15, 0.2) is 5.78 Å². The molecule has 0 bridgehead atoms. The highest BCUT2D eigenvalue weighted by Crippen LogP contribution is 2.25. The molecule has 6 nitrogen and oxygen atoms in total. The molecule has 50 heavy (non-hydrogen) atoms. The maximum Gasteiger partial charge on any atom is 0.258 e. The van der Waals surface area contributed by atoms with E-state index in [-0.39, 0.29) is 23.4 Å². The van der Waals surface area contributed by atoms with Crippen LogP contribution in [0.5, 0.6) is 11.5 Å². The fourth-order valence-electron chi connectivity index (χ4n) is 6.00. The van der Waals surface area contributed by atoms with Crippen molar-refractivity contribution >= 4 is 29.4 Å². The van der Waals surface area contributed by atoms with Crippen LogP contribution in [0, 0.1) is 5.82 Å². The Morgan fingerprint density at radius 1 is 0.640 bits per heavy atom. The summed E-state index contributed by atoms with van der Waals surface area (Å²) in [7, 11) is 0. The molecule has 266 valence electrons. The summed E-state index contributed by atoms with van der Waals surface area (Å²) in [4.78, 5) is 37.7. The lowest BCUT2D eigenvalue weighted by Crippen LogP contribution is -2.29. The molecule has 0 fully saturated rings. The topological polar surface area (TPSA) is 72.9 Å². The van der Waals surface area contributed by atoms with Crippen LogP contribution in [-0.2, 0) is 9.59 Å². The molecule has 4 rings (SSSR count). The Morgan fingerprint density at radius 2 is 1.10 bits per heavy atom. The maximum atomic E-state index is 13.2. The Balaban J connectivity index is 1.24. The lowest BCUT2D eigenvalue weighted by atomic mass is 10.0. The van der Waals surface area contributed by atoms with Gasteiger partial charge in [-0.3, -0.25) is 14.4 Å². The van der Waals surface area contributed by atoms with Gasteiger partial charge in [0.25, 0.3) is 11.8 Å². The van der Waals surface area contributed by atoms with E-state index in [1.54, 1.807) is 30.3 Å². The quantitative estimate of drug-likeness (QED) is 0.0309. The summed E-state index contributed by atoms with van der Waals surface area (Å²) in [6.07, 6.45) is 25.3. The number of benzene rings is 3. The lowest BCUT2D eigenvalue weighted by Gasteiger charge is -2.21. The van der Waals surface area contributed by atoms with E-state index in [1.807, 2.05) is 24.3 Å². The molecule has 1 aliphatic heterocycles. The lowest BCUT2D eigenvalue weighted by molar-refractivity contribution is -0.120. The van der Waals surface area contributed by atoms with Crippen LogP contribution < -0.4 is 14.4 Å². The summed E-state index contributed by atoms with van der Waals surface area (Å²) < 4.78 is 25.7. The molecule has 0 saturated heterocycles. The second-order valence-corrected chi connectivity index (χ2v) is 13.0. The molecule has 0 aliphatic carbocycles. The van der Waals surface area contributed by atoms with Crippen molar-refractivity contribution in [3.05, 3.63) is 108 Å². The summed E-state index contributed by atoms with van der Waals surface area (Å²) in [6, 6.07) is 19.7. The molecule has 0 radical (unpaired) electrons. The number of carbonyl (C=O) groups excluding carboxylic acids is 3. The van der Waals surface area contributed by atoms with Crippen LogP contribution >= 0.6 is 0 Å².